The van der Waals surface area contributed by atoms with Crippen molar-refractivity contribution < 1.29 is 0 Å². The van der Waals surface area contributed by atoms with Crippen LogP contribution in [0.5, 0.6) is 0 Å². The first-order valence-corrected chi connectivity index (χ1v) is 6.39. The third-order valence-corrected chi connectivity index (χ3v) is 1.79. The maximum absolute atomic E-state index is 5.68. The molecule has 0 unspecified atom stereocenters. The molecule has 98 valence electrons. The fourth-order valence-electron chi connectivity index (χ4n) is 1.02. The zero-order valence-electron chi connectivity index (χ0n) is 12.1. The standard InChI is InChI=1S/C10H15N3.2C2H6/c1-3-7-13(11)10-6-5-9(4-2)8-12-10;2*1-2/h3,5-8H,4,11H2,1-2H3;2*1-2H3/b7-3-;;. The van der Waals surface area contributed by atoms with Crippen LogP contribution >= 0.6 is 0 Å². The van der Waals surface area contributed by atoms with E-state index in [2.05, 4.69) is 11.9 Å². The largest absolute Gasteiger partial charge is 0.270 e. The SMILES string of the molecule is C/C=C\N(N)c1ccc(CC)cn1.CC.CC. The van der Waals surface area contributed by atoms with Gasteiger partial charge < -0.3 is 0 Å². The summed E-state index contributed by atoms with van der Waals surface area (Å²) in [6.07, 6.45) is 6.49. The van der Waals surface area contributed by atoms with Gasteiger partial charge in [0, 0.05) is 12.4 Å². The second-order valence-corrected chi connectivity index (χ2v) is 2.77. The molecule has 1 rings (SSSR count). The molecular formula is C14H27N3. The summed E-state index contributed by atoms with van der Waals surface area (Å²) in [5.74, 6) is 6.44. The van der Waals surface area contributed by atoms with Gasteiger partial charge in [-0.05, 0) is 25.0 Å². The van der Waals surface area contributed by atoms with E-state index >= 15 is 0 Å². The second-order valence-electron chi connectivity index (χ2n) is 2.77. The van der Waals surface area contributed by atoms with E-state index in [0.717, 1.165) is 12.2 Å². The van der Waals surface area contributed by atoms with Crippen LogP contribution in [-0.2, 0) is 6.42 Å². The van der Waals surface area contributed by atoms with Crippen molar-refractivity contribution in [3.8, 4) is 0 Å². The minimum atomic E-state index is 0.760. The highest BCUT2D eigenvalue weighted by atomic mass is 15.4. The third kappa shape index (κ3) is 7.53. The summed E-state index contributed by atoms with van der Waals surface area (Å²) in [6, 6.07) is 3.95. The molecule has 1 heterocycles. The van der Waals surface area contributed by atoms with E-state index in [-0.39, 0.29) is 0 Å². The second kappa shape index (κ2) is 12.7. The number of anilines is 1. The number of allylic oxidation sites excluding steroid dienone is 1. The van der Waals surface area contributed by atoms with Crippen molar-refractivity contribution in [1.29, 1.82) is 0 Å². The van der Waals surface area contributed by atoms with Crippen LogP contribution in [0.15, 0.2) is 30.6 Å². The molecule has 0 fully saturated rings. The van der Waals surface area contributed by atoms with Crippen molar-refractivity contribution in [2.45, 2.75) is 48.0 Å². The summed E-state index contributed by atoms with van der Waals surface area (Å²) in [6.45, 7) is 12.0. The minimum Gasteiger partial charge on any atom is -0.270 e. The lowest BCUT2D eigenvalue weighted by molar-refractivity contribution is 1.01. The molecule has 0 spiro atoms. The van der Waals surface area contributed by atoms with Crippen LogP contribution in [0.4, 0.5) is 5.82 Å². The van der Waals surface area contributed by atoms with Gasteiger partial charge in [0.1, 0.15) is 5.82 Å². The summed E-state index contributed by atoms with van der Waals surface area (Å²) < 4.78 is 0. The Morgan fingerprint density at radius 3 is 2.18 bits per heavy atom. The van der Waals surface area contributed by atoms with Crippen LogP contribution in [0.2, 0.25) is 0 Å². The highest BCUT2D eigenvalue weighted by Gasteiger charge is 1.97. The Labute approximate surface area is 106 Å². The van der Waals surface area contributed by atoms with Crippen LogP contribution < -0.4 is 10.9 Å². The average Bonchev–Trinajstić information content (AvgIpc) is 2.43. The van der Waals surface area contributed by atoms with E-state index in [4.69, 9.17) is 5.84 Å². The first-order chi connectivity index (χ1) is 8.27. The van der Waals surface area contributed by atoms with Gasteiger partial charge in [0.2, 0.25) is 0 Å². The van der Waals surface area contributed by atoms with Gasteiger partial charge in [-0.2, -0.15) is 0 Å². The van der Waals surface area contributed by atoms with E-state index in [1.165, 1.54) is 10.6 Å². The third-order valence-electron chi connectivity index (χ3n) is 1.79. The molecule has 2 N–H and O–H groups in total. The molecule has 3 heteroatoms. The summed E-state index contributed by atoms with van der Waals surface area (Å²) in [5.41, 5.74) is 1.22. The van der Waals surface area contributed by atoms with Crippen LogP contribution in [0.3, 0.4) is 0 Å². The number of hydrogen-bond donors (Lipinski definition) is 1. The fraction of sp³-hybridized carbons (Fsp3) is 0.500. The van der Waals surface area contributed by atoms with E-state index in [1.54, 1.807) is 6.20 Å². The van der Waals surface area contributed by atoms with Crippen molar-refractivity contribution in [3.63, 3.8) is 0 Å². The van der Waals surface area contributed by atoms with Crippen LogP contribution in [-0.4, -0.2) is 4.98 Å². The smallest absolute Gasteiger partial charge is 0.146 e. The van der Waals surface area contributed by atoms with Crippen molar-refractivity contribution in [1.82, 2.24) is 4.98 Å². The monoisotopic (exact) mass is 237 g/mol. The lowest BCUT2D eigenvalue weighted by Gasteiger charge is -2.11. The highest BCUT2D eigenvalue weighted by Crippen LogP contribution is 2.08. The van der Waals surface area contributed by atoms with Crippen LogP contribution in [0.25, 0.3) is 0 Å². The van der Waals surface area contributed by atoms with E-state index < -0.39 is 0 Å². The Hall–Kier alpha value is -1.35. The average molecular weight is 237 g/mol. The van der Waals surface area contributed by atoms with Gasteiger partial charge in [-0.15, -0.1) is 0 Å². The summed E-state index contributed by atoms with van der Waals surface area (Å²) in [7, 11) is 0. The van der Waals surface area contributed by atoms with Gasteiger partial charge in [0.05, 0.1) is 0 Å². The van der Waals surface area contributed by atoms with E-state index in [1.807, 2.05) is 59.0 Å². The van der Waals surface area contributed by atoms with Gasteiger partial charge in [0.25, 0.3) is 0 Å². The Morgan fingerprint density at radius 2 is 1.82 bits per heavy atom. The molecule has 0 aliphatic rings. The molecule has 0 aliphatic carbocycles. The molecule has 1 aromatic rings. The number of aryl methyl sites for hydroxylation is 1. The number of nitrogens with two attached hydrogens (primary N) is 1. The van der Waals surface area contributed by atoms with Crippen LogP contribution in [0.1, 0.15) is 47.1 Å². The number of aromatic nitrogens is 1. The molecule has 17 heavy (non-hydrogen) atoms. The minimum absolute atomic E-state index is 0.760. The highest BCUT2D eigenvalue weighted by molar-refractivity contribution is 5.40. The first-order valence-electron chi connectivity index (χ1n) is 6.39. The zero-order valence-corrected chi connectivity index (χ0v) is 12.1. The number of pyridine rings is 1. The van der Waals surface area contributed by atoms with Gasteiger partial charge in [0.15, 0.2) is 0 Å². The Kier molecular flexibility index (Phi) is 13.5. The topological polar surface area (TPSA) is 42.1 Å². The van der Waals surface area contributed by atoms with E-state index in [0.29, 0.717) is 0 Å². The molecule has 0 amide bonds. The molecule has 0 atom stereocenters. The molecule has 1 aromatic heterocycles. The van der Waals surface area contributed by atoms with Gasteiger partial charge in [-0.1, -0.05) is 46.8 Å². The van der Waals surface area contributed by atoms with Crippen molar-refractivity contribution >= 4 is 5.82 Å². The predicted molar refractivity (Wildman–Crippen MR) is 77.8 cm³/mol. The van der Waals surface area contributed by atoms with Crippen molar-refractivity contribution in [2.75, 3.05) is 5.01 Å². The number of rotatable bonds is 3. The lowest BCUT2D eigenvalue weighted by Crippen LogP contribution is -2.24. The Bertz CT molecular complexity index is 278. The predicted octanol–water partition coefficient (Wildman–Crippen LogP) is 3.91. The van der Waals surface area contributed by atoms with E-state index in [9.17, 15) is 0 Å². The van der Waals surface area contributed by atoms with Gasteiger partial charge in [-0.25, -0.2) is 10.8 Å². The normalized spacial score (nSPS) is 8.88. The lowest BCUT2D eigenvalue weighted by atomic mass is 10.2. The quantitative estimate of drug-likeness (QED) is 0.640. The summed E-state index contributed by atoms with van der Waals surface area (Å²) in [4.78, 5) is 4.22. The number of hydrazine groups is 1. The molecular weight excluding hydrogens is 210 g/mol. The Morgan fingerprint density at radius 1 is 1.24 bits per heavy atom. The first kappa shape index (κ1) is 18.0. The van der Waals surface area contributed by atoms with Crippen molar-refractivity contribution in [3.05, 3.63) is 36.2 Å². The van der Waals surface area contributed by atoms with Gasteiger partial charge >= 0.3 is 0 Å². The molecule has 0 bridgehead atoms. The zero-order chi connectivity index (χ0) is 13.7. The molecule has 0 saturated carbocycles. The fourth-order valence-corrected chi connectivity index (χ4v) is 1.02. The van der Waals surface area contributed by atoms with Crippen molar-refractivity contribution in [2.24, 2.45) is 5.84 Å². The molecule has 0 aromatic carbocycles. The molecule has 0 saturated heterocycles. The maximum Gasteiger partial charge on any atom is 0.146 e. The number of nitrogens with zero attached hydrogens (tertiary/aromatic N) is 2. The summed E-state index contributed by atoms with van der Waals surface area (Å²) in [5, 5.41) is 1.50. The summed E-state index contributed by atoms with van der Waals surface area (Å²) >= 11 is 0. The number of hydrogen-bond acceptors (Lipinski definition) is 3. The van der Waals surface area contributed by atoms with Gasteiger partial charge in [-0.3, -0.25) is 5.01 Å². The molecule has 0 aliphatic heterocycles. The Balaban J connectivity index is 0. The maximum atomic E-state index is 5.68. The molecule has 3 nitrogen and oxygen atoms in total. The van der Waals surface area contributed by atoms with Crippen LogP contribution in [0, 0.1) is 0 Å². The molecule has 0 radical (unpaired) electrons.